The van der Waals surface area contributed by atoms with E-state index in [1.807, 2.05) is 0 Å². The van der Waals surface area contributed by atoms with Crippen molar-refractivity contribution in [2.75, 3.05) is 24.2 Å². The Kier molecular flexibility index (Phi) is 7.45. The number of esters is 1. The van der Waals surface area contributed by atoms with Crippen LogP contribution in [0.4, 0.5) is 11.4 Å². The second-order valence-corrected chi connectivity index (χ2v) is 7.93. The van der Waals surface area contributed by atoms with Crippen LogP contribution in [0.2, 0.25) is 0 Å². The number of hydrogen-bond acceptors (Lipinski definition) is 9. The summed E-state index contributed by atoms with van der Waals surface area (Å²) in [5.74, 6) is -1.85. The van der Waals surface area contributed by atoms with E-state index < -0.39 is 38.2 Å². The monoisotopic (exact) mass is 452 g/mol. The van der Waals surface area contributed by atoms with Crippen molar-refractivity contribution in [2.45, 2.75) is 11.8 Å². The maximum atomic E-state index is 13.0. The average molecular weight is 452 g/mol. The Balaban J connectivity index is 0.00000341. The fraction of sp³-hybridized carbons (Fsp3) is 0.150. The Bertz CT molecular complexity index is 1220. The molecule has 0 saturated carbocycles. The fourth-order valence-corrected chi connectivity index (χ4v) is 3.73. The molecule has 0 atom stereocenters. The van der Waals surface area contributed by atoms with Gasteiger partial charge < -0.3 is 20.3 Å². The number of anilines is 2. The molecule has 0 aromatic heterocycles. The summed E-state index contributed by atoms with van der Waals surface area (Å²) in [5.41, 5.74) is 5.07. The molecule has 0 saturated heterocycles. The zero-order valence-electron chi connectivity index (χ0n) is 16.9. The number of nitrogens with one attached hydrogen (secondary N) is 1. The fourth-order valence-electron chi connectivity index (χ4n) is 3.09. The van der Waals surface area contributed by atoms with E-state index in [9.17, 15) is 27.4 Å². The predicted octanol–water partition coefficient (Wildman–Crippen LogP) is -1.52. The second kappa shape index (κ2) is 9.33. The molecule has 1 aliphatic rings. The number of nitrogen functional groups attached to an aromatic ring is 1. The Hall–Kier alpha value is -2.50. The number of benzene rings is 2. The van der Waals surface area contributed by atoms with Gasteiger partial charge in [-0.2, -0.15) is 0 Å². The molecule has 0 unspecified atom stereocenters. The van der Waals surface area contributed by atoms with E-state index in [4.69, 9.17) is 10.5 Å². The van der Waals surface area contributed by atoms with Crippen LogP contribution in [0.1, 0.15) is 38.8 Å². The summed E-state index contributed by atoms with van der Waals surface area (Å²) in [6.07, 6.45) is 0. The summed E-state index contributed by atoms with van der Waals surface area (Å²) >= 11 is 0. The molecule has 0 radical (unpaired) electrons. The molecule has 0 aliphatic heterocycles. The third kappa shape index (κ3) is 4.73. The van der Waals surface area contributed by atoms with Crippen LogP contribution in [0.3, 0.4) is 0 Å². The minimum Gasteiger partial charge on any atom is -0.744 e. The molecule has 0 spiro atoms. The molecule has 0 bridgehead atoms. The van der Waals surface area contributed by atoms with Crippen LogP contribution >= 0.6 is 0 Å². The van der Waals surface area contributed by atoms with Gasteiger partial charge in [-0.1, -0.05) is 30.8 Å². The van der Waals surface area contributed by atoms with Gasteiger partial charge in [-0.25, -0.2) is 13.2 Å². The zero-order valence-corrected chi connectivity index (χ0v) is 19.7. The Labute approximate surface area is 200 Å². The normalized spacial score (nSPS) is 12.3. The van der Waals surface area contributed by atoms with Crippen LogP contribution in [0.15, 0.2) is 47.4 Å². The van der Waals surface area contributed by atoms with Crippen molar-refractivity contribution in [3.8, 4) is 0 Å². The SMILES string of the molecule is C=C(C)C(=O)OCCNc1cc(S(=O)(=O)[O-])c(N)c2c1C(=O)c1ccccc1C2=O.[Na+]. The van der Waals surface area contributed by atoms with Crippen molar-refractivity contribution in [3.63, 3.8) is 0 Å². The molecule has 2 aromatic rings. The maximum absolute atomic E-state index is 13.0. The van der Waals surface area contributed by atoms with Gasteiger partial charge in [0.15, 0.2) is 11.6 Å². The van der Waals surface area contributed by atoms with Gasteiger partial charge in [0.1, 0.15) is 16.7 Å². The van der Waals surface area contributed by atoms with Gasteiger partial charge in [0.2, 0.25) is 0 Å². The molecule has 31 heavy (non-hydrogen) atoms. The van der Waals surface area contributed by atoms with Crippen molar-refractivity contribution in [2.24, 2.45) is 0 Å². The summed E-state index contributed by atoms with van der Waals surface area (Å²) in [7, 11) is -5.04. The van der Waals surface area contributed by atoms with E-state index in [1.54, 1.807) is 12.1 Å². The van der Waals surface area contributed by atoms with Gasteiger partial charge in [0.25, 0.3) is 0 Å². The van der Waals surface area contributed by atoms with Crippen LogP contribution in [0, 0.1) is 0 Å². The van der Waals surface area contributed by atoms with E-state index in [2.05, 4.69) is 11.9 Å². The van der Waals surface area contributed by atoms with Crippen LogP contribution < -0.4 is 40.6 Å². The van der Waals surface area contributed by atoms with Gasteiger partial charge in [-0.05, 0) is 13.0 Å². The number of ether oxygens (including phenoxy) is 1. The van der Waals surface area contributed by atoms with Crippen molar-refractivity contribution < 1.29 is 61.6 Å². The first kappa shape index (κ1) is 24.8. The number of rotatable bonds is 6. The molecule has 3 N–H and O–H groups in total. The third-order valence-electron chi connectivity index (χ3n) is 4.47. The summed E-state index contributed by atoms with van der Waals surface area (Å²) < 4.78 is 40.0. The molecule has 0 fully saturated rings. The van der Waals surface area contributed by atoms with Gasteiger partial charge in [-0.15, -0.1) is 0 Å². The van der Waals surface area contributed by atoms with E-state index in [-0.39, 0.29) is 76.2 Å². The first-order chi connectivity index (χ1) is 14.0. The molecule has 3 rings (SSSR count). The molecule has 0 amide bonds. The number of fused-ring (bicyclic) bond motifs is 2. The molecule has 9 nitrogen and oxygen atoms in total. The largest absolute Gasteiger partial charge is 1.00 e. The van der Waals surface area contributed by atoms with Gasteiger partial charge in [0.05, 0.1) is 21.7 Å². The third-order valence-corrected chi connectivity index (χ3v) is 5.34. The second-order valence-electron chi connectivity index (χ2n) is 6.59. The van der Waals surface area contributed by atoms with Gasteiger partial charge >= 0.3 is 35.5 Å². The minimum atomic E-state index is -5.04. The minimum absolute atomic E-state index is 0. The van der Waals surface area contributed by atoms with Gasteiger partial charge in [0, 0.05) is 28.9 Å². The Morgan fingerprint density at radius 3 is 2.23 bits per heavy atom. The first-order valence-electron chi connectivity index (χ1n) is 8.71. The number of ketones is 2. The molecule has 1 aliphatic carbocycles. The zero-order chi connectivity index (χ0) is 22.2. The van der Waals surface area contributed by atoms with Crippen molar-refractivity contribution in [1.82, 2.24) is 0 Å². The Morgan fingerprint density at radius 1 is 1.16 bits per heavy atom. The van der Waals surface area contributed by atoms with Crippen LogP contribution in [0.5, 0.6) is 0 Å². The quantitative estimate of drug-likeness (QED) is 0.113. The van der Waals surface area contributed by atoms with Crippen molar-refractivity contribution in [3.05, 3.63) is 64.7 Å². The van der Waals surface area contributed by atoms with Crippen LogP contribution in [-0.4, -0.2) is 43.7 Å². The first-order valence-corrected chi connectivity index (χ1v) is 10.1. The topological polar surface area (TPSA) is 156 Å². The molecule has 11 heteroatoms. The van der Waals surface area contributed by atoms with E-state index in [0.717, 1.165) is 6.07 Å². The van der Waals surface area contributed by atoms with Crippen molar-refractivity contribution in [1.29, 1.82) is 0 Å². The van der Waals surface area contributed by atoms with E-state index in [0.29, 0.717) is 0 Å². The Morgan fingerprint density at radius 2 is 1.71 bits per heavy atom. The number of nitrogens with two attached hydrogens (primary N) is 1. The predicted molar refractivity (Wildman–Crippen MR) is 106 cm³/mol. The maximum Gasteiger partial charge on any atom is 1.00 e. The van der Waals surface area contributed by atoms with E-state index in [1.165, 1.54) is 19.1 Å². The molecule has 0 heterocycles. The standard InChI is InChI=1S/C20H18N2O7S.Na/c1-10(2)20(25)29-8-7-22-13-9-14(30(26,27)28)17(21)16-15(13)18(23)11-5-3-4-6-12(11)19(16)24;/h3-6,9,22H,1,7-8,21H2,2H3,(H,26,27,28);/q;+1/p-1. The molecular formula is C20H17N2NaO7S. The molecular weight excluding hydrogens is 435 g/mol. The average Bonchev–Trinajstić information content (AvgIpc) is 2.68. The van der Waals surface area contributed by atoms with E-state index >= 15 is 0 Å². The number of carbonyl (C=O) groups excluding carboxylic acids is 3. The van der Waals surface area contributed by atoms with Gasteiger partial charge in [-0.3, -0.25) is 9.59 Å². The smallest absolute Gasteiger partial charge is 0.744 e. The van der Waals surface area contributed by atoms with Crippen LogP contribution in [-0.2, 0) is 19.6 Å². The summed E-state index contributed by atoms with van der Waals surface area (Å²) in [4.78, 5) is 36.7. The molecule has 156 valence electrons. The van der Waals surface area contributed by atoms with Crippen molar-refractivity contribution >= 4 is 39.0 Å². The number of hydrogen-bond donors (Lipinski definition) is 2. The summed E-state index contributed by atoms with van der Waals surface area (Å²) in [6, 6.07) is 6.93. The molecule has 2 aromatic carbocycles. The number of carbonyl (C=O) groups is 3. The summed E-state index contributed by atoms with van der Waals surface area (Å²) in [6.45, 7) is 4.75. The van der Waals surface area contributed by atoms with Crippen LogP contribution in [0.25, 0.3) is 0 Å². The summed E-state index contributed by atoms with van der Waals surface area (Å²) in [5, 5.41) is 2.75.